The number of likely N-dealkylation sites (tertiary alicyclic amines) is 1. The number of β-lactam (4-membered cyclic amide) rings is 1. The summed E-state index contributed by atoms with van der Waals surface area (Å²) in [7, 11) is 1.26. The summed E-state index contributed by atoms with van der Waals surface area (Å²) < 4.78 is 16.2. The van der Waals surface area contributed by atoms with Gasteiger partial charge in [0, 0.05) is 5.57 Å². The first-order chi connectivity index (χ1) is 14.3. The summed E-state index contributed by atoms with van der Waals surface area (Å²) in [6.45, 7) is 3.85. The molecule has 2 heterocycles. The topological polar surface area (TPSA) is 94.2 Å². The summed E-state index contributed by atoms with van der Waals surface area (Å²) in [5.41, 5.74) is 1.50. The third kappa shape index (κ3) is 4.69. The van der Waals surface area contributed by atoms with Crippen molar-refractivity contribution >= 4 is 29.5 Å². The van der Waals surface area contributed by atoms with E-state index in [1.807, 2.05) is 36.6 Å². The molecule has 0 spiro atoms. The van der Waals surface area contributed by atoms with Gasteiger partial charge in [-0.25, -0.2) is 4.79 Å². The molecule has 8 nitrogen and oxygen atoms in total. The van der Waals surface area contributed by atoms with E-state index in [4.69, 9.17) is 14.2 Å². The minimum Gasteiger partial charge on any atom is -0.464 e. The maximum Gasteiger partial charge on any atom is 0.354 e. The summed E-state index contributed by atoms with van der Waals surface area (Å²) in [6, 6.07) is 8.57. The fourth-order valence-corrected chi connectivity index (χ4v) is 4.21. The van der Waals surface area contributed by atoms with Gasteiger partial charge in [0.05, 0.1) is 26.7 Å². The number of benzene rings is 1. The Bertz CT molecular complexity index is 842. The van der Waals surface area contributed by atoms with E-state index < -0.39 is 23.2 Å². The van der Waals surface area contributed by atoms with E-state index in [0.717, 1.165) is 5.56 Å². The average molecular weight is 435 g/mol. The van der Waals surface area contributed by atoms with Crippen LogP contribution in [0.15, 0.2) is 41.6 Å². The van der Waals surface area contributed by atoms with Crippen molar-refractivity contribution in [1.82, 2.24) is 10.2 Å². The molecule has 2 aliphatic heterocycles. The third-order valence-corrected chi connectivity index (χ3v) is 5.92. The minimum atomic E-state index is -0.767. The molecule has 30 heavy (non-hydrogen) atoms. The molecule has 0 aliphatic carbocycles. The molecule has 2 saturated heterocycles. The summed E-state index contributed by atoms with van der Waals surface area (Å²) >= 11 is 1.37. The van der Waals surface area contributed by atoms with E-state index in [2.05, 4.69) is 5.32 Å². The molecule has 3 rings (SSSR count). The van der Waals surface area contributed by atoms with Crippen LogP contribution < -0.4 is 5.32 Å². The average Bonchev–Trinajstić information content (AvgIpc) is 2.73. The quantitative estimate of drug-likeness (QED) is 0.411. The van der Waals surface area contributed by atoms with Gasteiger partial charge in [0.1, 0.15) is 17.1 Å². The molecule has 0 bridgehead atoms. The number of rotatable bonds is 6. The van der Waals surface area contributed by atoms with Gasteiger partial charge in [-0.1, -0.05) is 30.3 Å². The molecule has 2 aliphatic rings. The number of thioether (sulfide) groups is 1. The van der Waals surface area contributed by atoms with Gasteiger partial charge >= 0.3 is 5.97 Å². The zero-order valence-electron chi connectivity index (χ0n) is 17.5. The highest BCUT2D eigenvalue weighted by molar-refractivity contribution is 7.99. The zero-order valence-corrected chi connectivity index (χ0v) is 18.3. The smallest absolute Gasteiger partial charge is 0.354 e. The fraction of sp³-hybridized carbons (Fsp3) is 0.476. The Kier molecular flexibility index (Phi) is 6.84. The van der Waals surface area contributed by atoms with Crippen LogP contribution >= 0.6 is 11.8 Å². The first kappa shape index (κ1) is 22.3. The molecule has 2 amide bonds. The largest absolute Gasteiger partial charge is 0.464 e. The Morgan fingerprint density at radius 2 is 1.87 bits per heavy atom. The van der Waals surface area contributed by atoms with E-state index in [-0.39, 0.29) is 37.1 Å². The molecule has 2 atom stereocenters. The van der Waals surface area contributed by atoms with Crippen molar-refractivity contribution in [2.75, 3.05) is 26.6 Å². The van der Waals surface area contributed by atoms with Crippen LogP contribution in [0.3, 0.4) is 0 Å². The van der Waals surface area contributed by atoms with Crippen LogP contribution in [0.2, 0.25) is 0 Å². The number of amides is 2. The van der Waals surface area contributed by atoms with Gasteiger partial charge in [-0.15, -0.1) is 11.8 Å². The van der Waals surface area contributed by atoms with E-state index >= 15 is 0 Å². The molecule has 0 aromatic heterocycles. The second-order valence-electron chi connectivity index (χ2n) is 7.46. The number of nitrogens with one attached hydrogen (secondary N) is 1. The van der Waals surface area contributed by atoms with Crippen molar-refractivity contribution in [2.24, 2.45) is 0 Å². The van der Waals surface area contributed by atoms with Gasteiger partial charge < -0.3 is 19.5 Å². The monoisotopic (exact) mass is 434 g/mol. The number of hydrogen-bond donors (Lipinski definition) is 1. The van der Waals surface area contributed by atoms with Crippen molar-refractivity contribution < 1.29 is 28.6 Å². The lowest BCUT2D eigenvalue weighted by Gasteiger charge is -2.47. The summed E-state index contributed by atoms with van der Waals surface area (Å²) in [5, 5.41) is 2.35. The van der Waals surface area contributed by atoms with E-state index in [0.29, 0.717) is 5.57 Å². The van der Waals surface area contributed by atoms with Crippen molar-refractivity contribution in [3.63, 3.8) is 0 Å². The predicted molar refractivity (Wildman–Crippen MR) is 111 cm³/mol. The normalized spacial score (nSPS) is 22.9. The number of nitrogens with zero attached hydrogens (tertiary/aromatic N) is 1. The van der Waals surface area contributed by atoms with E-state index in [1.165, 1.54) is 23.8 Å². The summed E-state index contributed by atoms with van der Waals surface area (Å²) in [4.78, 5) is 39.2. The molecule has 9 heteroatoms. The van der Waals surface area contributed by atoms with Crippen LogP contribution in [-0.4, -0.2) is 66.5 Å². The minimum absolute atomic E-state index is 0.117. The molecule has 162 valence electrons. The number of carbonyl (C=O) groups is 3. The molecular weight excluding hydrogens is 408 g/mol. The predicted octanol–water partition coefficient (Wildman–Crippen LogP) is 1.46. The second-order valence-corrected chi connectivity index (χ2v) is 8.42. The highest BCUT2D eigenvalue weighted by Gasteiger charge is 2.52. The second kappa shape index (κ2) is 9.20. The summed E-state index contributed by atoms with van der Waals surface area (Å²) in [5.74, 6) is -2.03. The fourth-order valence-electron chi connectivity index (χ4n) is 3.33. The Hall–Kier alpha value is -2.36. The van der Waals surface area contributed by atoms with Crippen LogP contribution in [0.1, 0.15) is 19.4 Å². The number of esters is 1. The SMILES string of the molecule is COC(=O)C(=C1COC(C)(C)OC1)N1C(=O)[C@H](NC(=O)Cc2ccccc2)[C@H]1SC. The molecule has 1 aromatic carbocycles. The number of carbonyl (C=O) groups excluding carboxylic acids is 3. The molecular formula is C21H26N2O6S. The maximum atomic E-state index is 12.9. The summed E-state index contributed by atoms with van der Waals surface area (Å²) in [6.07, 6.45) is 1.99. The van der Waals surface area contributed by atoms with Gasteiger partial charge in [0.2, 0.25) is 5.91 Å². The Balaban J connectivity index is 1.76. The first-order valence-electron chi connectivity index (χ1n) is 9.55. The lowest BCUT2D eigenvalue weighted by Crippen LogP contribution is -2.69. The highest BCUT2D eigenvalue weighted by Crippen LogP contribution is 2.35. The van der Waals surface area contributed by atoms with Crippen LogP contribution in [0.5, 0.6) is 0 Å². The lowest BCUT2D eigenvalue weighted by molar-refractivity contribution is -0.226. The van der Waals surface area contributed by atoms with Gasteiger partial charge in [0.25, 0.3) is 5.91 Å². The molecule has 2 fully saturated rings. The highest BCUT2D eigenvalue weighted by atomic mass is 32.2. The lowest BCUT2D eigenvalue weighted by atomic mass is 10.0. The van der Waals surface area contributed by atoms with Crippen LogP contribution in [0.4, 0.5) is 0 Å². The Morgan fingerprint density at radius 3 is 2.43 bits per heavy atom. The first-order valence-corrected chi connectivity index (χ1v) is 10.8. The van der Waals surface area contributed by atoms with Crippen LogP contribution in [0, 0.1) is 0 Å². The standard InChI is InChI=1S/C21H26N2O6S/c1-21(2)28-11-14(12-29-21)17(20(26)27-3)23-18(25)16(19(23)30-4)22-15(24)10-13-8-6-5-7-9-13/h5-9,16,19H,10-12H2,1-4H3,(H,22,24)/t16-,19+/m0/s1. The molecule has 0 radical (unpaired) electrons. The van der Waals surface area contributed by atoms with Crippen LogP contribution in [-0.2, 0) is 35.0 Å². The Morgan fingerprint density at radius 1 is 1.23 bits per heavy atom. The van der Waals surface area contributed by atoms with Gasteiger partial charge in [-0.05, 0) is 25.7 Å². The van der Waals surface area contributed by atoms with Crippen LogP contribution in [0.25, 0.3) is 0 Å². The third-order valence-electron chi connectivity index (χ3n) is 4.95. The number of methoxy groups -OCH3 is 1. The van der Waals surface area contributed by atoms with Crippen molar-refractivity contribution in [3.05, 3.63) is 47.2 Å². The number of ether oxygens (including phenoxy) is 3. The Labute approximate surface area is 179 Å². The molecule has 0 saturated carbocycles. The molecule has 1 N–H and O–H groups in total. The van der Waals surface area contributed by atoms with Crippen molar-refractivity contribution in [2.45, 2.75) is 37.5 Å². The van der Waals surface area contributed by atoms with Gasteiger partial charge in [-0.2, -0.15) is 0 Å². The van der Waals surface area contributed by atoms with Crippen molar-refractivity contribution in [3.8, 4) is 0 Å². The molecule has 1 aromatic rings. The molecule has 0 unspecified atom stereocenters. The van der Waals surface area contributed by atoms with E-state index in [9.17, 15) is 14.4 Å². The van der Waals surface area contributed by atoms with Gasteiger partial charge in [-0.3, -0.25) is 14.5 Å². The zero-order chi connectivity index (χ0) is 21.9. The van der Waals surface area contributed by atoms with Crippen molar-refractivity contribution in [1.29, 1.82) is 0 Å². The maximum absolute atomic E-state index is 12.9. The number of hydrogen-bond acceptors (Lipinski definition) is 7. The van der Waals surface area contributed by atoms with Gasteiger partial charge in [0.15, 0.2) is 5.79 Å². The van der Waals surface area contributed by atoms with E-state index in [1.54, 1.807) is 13.8 Å².